The Kier molecular flexibility index (Phi) is 70.3. The van der Waals surface area contributed by atoms with Crippen molar-refractivity contribution < 1.29 is 80.2 Å². The minimum atomic E-state index is -4.96. The van der Waals surface area contributed by atoms with Gasteiger partial charge in [-0.05, 0) is 37.5 Å². The zero-order valence-corrected chi connectivity index (χ0v) is 66.6. The van der Waals surface area contributed by atoms with Crippen LogP contribution in [0.25, 0.3) is 0 Å². The summed E-state index contributed by atoms with van der Waals surface area (Å²) in [5.41, 5.74) is 0. The lowest BCUT2D eigenvalue weighted by Crippen LogP contribution is -2.30. The summed E-state index contributed by atoms with van der Waals surface area (Å²) in [6.07, 6.45) is 60.9. The van der Waals surface area contributed by atoms with Gasteiger partial charge in [0.1, 0.15) is 19.3 Å². The topological polar surface area (TPSA) is 237 Å². The standard InChI is InChI=1S/C80H156O17P2/c1-7-9-11-13-15-17-19-26-34-40-46-52-58-64-79(84)96-75(68-90-77(82)62-56-50-44-38-18-16-14-12-10-8-2)70-94-98(86,87)92-66-74(81)67-93-99(88,89)95-71-76(69-91-78(83)63-57-51-45-39-33-29-25-24-28-32-37-43-49-55-61-73(5)6)97-80(85)65-59-53-47-41-35-30-23-21-20-22-27-31-36-42-48-54-60-72(3)4/h72-76,81H,7-71H2,1-6H3,(H,86,87)(H,88,89)/t74-,75+,76+/m0/s1. The Morgan fingerprint density at radius 1 is 0.273 bits per heavy atom. The van der Waals surface area contributed by atoms with Crippen molar-refractivity contribution in [2.75, 3.05) is 39.6 Å². The van der Waals surface area contributed by atoms with E-state index < -0.39 is 97.5 Å². The Morgan fingerprint density at radius 2 is 0.465 bits per heavy atom. The van der Waals surface area contributed by atoms with Crippen LogP contribution in [0.15, 0.2) is 0 Å². The molecule has 5 atom stereocenters. The predicted octanol–water partition coefficient (Wildman–Crippen LogP) is 23.9. The molecule has 0 bridgehead atoms. The zero-order chi connectivity index (χ0) is 72.8. The van der Waals surface area contributed by atoms with Crippen molar-refractivity contribution >= 4 is 39.5 Å². The zero-order valence-electron chi connectivity index (χ0n) is 64.8. The normalized spacial score (nSPS) is 13.9. The van der Waals surface area contributed by atoms with E-state index in [-0.39, 0.29) is 25.7 Å². The fourth-order valence-corrected chi connectivity index (χ4v) is 13.9. The fourth-order valence-electron chi connectivity index (χ4n) is 12.4. The molecule has 0 aliphatic carbocycles. The number of carbonyl (C=O) groups excluding carboxylic acids is 4. The summed E-state index contributed by atoms with van der Waals surface area (Å²) < 4.78 is 68.7. The first kappa shape index (κ1) is 97.1. The third-order valence-electron chi connectivity index (χ3n) is 18.7. The molecule has 0 aromatic rings. The maximum absolute atomic E-state index is 13.1. The average molecular weight is 1450 g/mol. The first-order valence-corrected chi connectivity index (χ1v) is 44.5. The Balaban J connectivity index is 5.23. The molecule has 0 aromatic carbocycles. The highest BCUT2D eigenvalue weighted by molar-refractivity contribution is 7.47. The molecule has 0 saturated carbocycles. The number of esters is 4. The smallest absolute Gasteiger partial charge is 0.462 e. The number of aliphatic hydroxyl groups is 1. The molecule has 0 aromatic heterocycles. The molecule has 0 rings (SSSR count). The number of phosphoric ester groups is 2. The third kappa shape index (κ3) is 74.1. The van der Waals surface area contributed by atoms with Crippen LogP contribution in [0, 0.1) is 11.8 Å². The van der Waals surface area contributed by atoms with E-state index in [9.17, 15) is 43.2 Å². The quantitative estimate of drug-likeness (QED) is 0.0222. The van der Waals surface area contributed by atoms with Crippen LogP contribution in [0.1, 0.15) is 420 Å². The molecule has 0 aliphatic rings. The van der Waals surface area contributed by atoms with Gasteiger partial charge < -0.3 is 33.8 Å². The lowest BCUT2D eigenvalue weighted by Gasteiger charge is -2.21. The molecule has 0 amide bonds. The third-order valence-corrected chi connectivity index (χ3v) is 20.6. The van der Waals surface area contributed by atoms with Gasteiger partial charge in [-0.3, -0.25) is 37.3 Å². The van der Waals surface area contributed by atoms with Crippen LogP contribution in [0.2, 0.25) is 0 Å². The lowest BCUT2D eigenvalue weighted by atomic mass is 10.0. The average Bonchev–Trinajstić information content (AvgIpc) is 1.27. The number of ether oxygens (including phenoxy) is 4. The second-order valence-corrected chi connectivity index (χ2v) is 32.7. The molecule has 0 heterocycles. The summed E-state index contributed by atoms with van der Waals surface area (Å²) in [6.45, 7) is 9.68. The van der Waals surface area contributed by atoms with Gasteiger partial charge in [0.05, 0.1) is 26.4 Å². The van der Waals surface area contributed by atoms with Crippen LogP contribution in [0.3, 0.4) is 0 Å². The molecule has 0 saturated heterocycles. The molecule has 0 fully saturated rings. The van der Waals surface area contributed by atoms with Crippen molar-refractivity contribution in [1.82, 2.24) is 0 Å². The molecule has 0 aliphatic heterocycles. The Morgan fingerprint density at radius 3 is 0.687 bits per heavy atom. The predicted molar refractivity (Wildman–Crippen MR) is 405 cm³/mol. The van der Waals surface area contributed by atoms with Gasteiger partial charge in [-0.25, -0.2) is 9.13 Å². The van der Waals surface area contributed by atoms with Crippen LogP contribution in [-0.4, -0.2) is 96.7 Å². The van der Waals surface area contributed by atoms with Crippen molar-refractivity contribution in [2.24, 2.45) is 11.8 Å². The summed E-state index contributed by atoms with van der Waals surface area (Å²) in [5, 5.41) is 10.6. The summed E-state index contributed by atoms with van der Waals surface area (Å²) in [5.74, 6) is -0.500. The van der Waals surface area contributed by atoms with Gasteiger partial charge >= 0.3 is 39.5 Å². The summed E-state index contributed by atoms with van der Waals surface area (Å²) >= 11 is 0. The largest absolute Gasteiger partial charge is 0.472 e. The monoisotopic (exact) mass is 1450 g/mol. The second-order valence-electron chi connectivity index (χ2n) is 29.8. The van der Waals surface area contributed by atoms with Crippen LogP contribution in [0.5, 0.6) is 0 Å². The molecule has 99 heavy (non-hydrogen) atoms. The molecular formula is C80H156O17P2. The van der Waals surface area contributed by atoms with Gasteiger partial charge in [-0.15, -0.1) is 0 Å². The summed E-state index contributed by atoms with van der Waals surface area (Å²) in [7, 11) is -9.92. The van der Waals surface area contributed by atoms with Gasteiger partial charge in [-0.2, -0.15) is 0 Å². The van der Waals surface area contributed by atoms with Crippen molar-refractivity contribution in [3.8, 4) is 0 Å². The van der Waals surface area contributed by atoms with Crippen LogP contribution in [0.4, 0.5) is 0 Å². The lowest BCUT2D eigenvalue weighted by molar-refractivity contribution is -0.161. The number of hydrogen-bond donors (Lipinski definition) is 3. The van der Waals surface area contributed by atoms with E-state index in [1.54, 1.807) is 0 Å². The van der Waals surface area contributed by atoms with Crippen molar-refractivity contribution in [1.29, 1.82) is 0 Å². The first-order valence-electron chi connectivity index (χ1n) is 41.5. The number of carbonyl (C=O) groups is 4. The number of hydrogen-bond acceptors (Lipinski definition) is 15. The van der Waals surface area contributed by atoms with E-state index >= 15 is 0 Å². The number of unbranched alkanes of at least 4 members (excludes halogenated alkanes) is 49. The number of aliphatic hydroxyl groups excluding tert-OH is 1. The molecule has 2 unspecified atom stereocenters. The number of phosphoric acid groups is 2. The van der Waals surface area contributed by atoms with E-state index in [2.05, 4.69) is 41.5 Å². The molecule has 588 valence electrons. The van der Waals surface area contributed by atoms with Gasteiger partial charge in [0.25, 0.3) is 0 Å². The molecule has 19 heteroatoms. The van der Waals surface area contributed by atoms with Gasteiger partial charge in [0.15, 0.2) is 12.2 Å². The van der Waals surface area contributed by atoms with Crippen LogP contribution >= 0.6 is 15.6 Å². The SMILES string of the molecule is CCCCCCCCCCCCCCCC(=O)O[C@H](COC(=O)CCCCCCCCCCCC)COP(=O)(O)OC[C@H](O)COP(=O)(O)OC[C@@H](COC(=O)CCCCCCCCCCCCCCCCC(C)C)OC(=O)CCCCCCCCCCCCCCCCCCC(C)C. The van der Waals surface area contributed by atoms with E-state index in [1.165, 1.54) is 238 Å². The van der Waals surface area contributed by atoms with Crippen molar-refractivity contribution in [3.05, 3.63) is 0 Å². The second kappa shape index (κ2) is 71.7. The Hall–Kier alpha value is -1.94. The van der Waals surface area contributed by atoms with Crippen molar-refractivity contribution in [2.45, 2.75) is 439 Å². The highest BCUT2D eigenvalue weighted by atomic mass is 31.2. The molecule has 0 radical (unpaired) electrons. The Bertz CT molecular complexity index is 1910. The Labute approximate surface area is 607 Å². The number of rotatable bonds is 79. The van der Waals surface area contributed by atoms with Gasteiger partial charge in [-0.1, -0.05) is 369 Å². The maximum Gasteiger partial charge on any atom is 0.472 e. The van der Waals surface area contributed by atoms with E-state index in [1.807, 2.05) is 0 Å². The van der Waals surface area contributed by atoms with E-state index in [0.29, 0.717) is 25.7 Å². The maximum atomic E-state index is 13.1. The van der Waals surface area contributed by atoms with Gasteiger partial charge in [0.2, 0.25) is 0 Å². The summed E-state index contributed by atoms with van der Waals surface area (Å²) in [4.78, 5) is 73.0. The van der Waals surface area contributed by atoms with Gasteiger partial charge in [0, 0.05) is 25.7 Å². The van der Waals surface area contributed by atoms with Crippen LogP contribution < -0.4 is 0 Å². The highest BCUT2D eigenvalue weighted by Gasteiger charge is 2.30. The molecular weight excluding hydrogens is 1290 g/mol. The first-order chi connectivity index (χ1) is 47.9. The minimum Gasteiger partial charge on any atom is -0.462 e. The molecule has 0 spiro atoms. The highest BCUT2D eigenvalue weighted by Crippen LogP contribution is 2.45. The molecule has 3 N–H and O–H groups in total. The molecule has 17 nitrogen and oxygen atoms in total. The fraction of sp³-hybridized carbons (Fsp3) is 0.950. The summed E-state index contributed by atoms with van der Waals surface area (Å²) in [6, 6.07) is 0. The van der Waals surface area contributed by atoms with E-state index in [4.69, 9.17) is 37.0 Å². The van der Waals surface area contributed by atoms with E-state index in [0.717, 1.165) is 102 Å². The van der Waals surface area contributed by atoms with Crippen molar-refractivity contribution in [3.63, 3.8) is 0 Å². The van der Waals surface area contributed by atoms with Crippen LogP contribution in [-0.2, 0) is 65.4 Å². The minimum absolute atomic E-state index is 0.108.